The molecule has 0 atom stereocenters. The van der Waals surface area contributed by atoms with Gasteiger partial charge < -0.3 is 9.80 Å². The van der Waals surface area contributed by atoms with Crippen LogP contribution in [0.25, 0.3) is 0 Å². The van der Waals surface area contributed by atoms with Crippen LogP contribution in [0.1, 0.15) is 21.1 Å². The molecular formula is C15H19N3OS. The maximum atomic E-state index is 12.3. The first-order valence-electron chi connectivity index (χ1n) is 6.41. The Labute approximate surface area is 123 Å². The van der Waals surface area contributed by atoms with E-state index in [1.165, 1.54) is 0 Å². The molecule has 0 saturated heterocycles. The van der Waals surface area contributed by atoms with E-state index in [1.54, 1.807) is 23.3 Å². The van der Waals surface area contributed by atoms with Crippen molar-refractivity contribution in [3.05, 3.63) is 45.9 Å². The van der Waals surface area contributed by atoms with Crippen LogP contribution in [-0.2, 0) is 6.54 Å². The Kier molecular flexibility index (Phi) is 4.39. The third-order valence-electron chi connectivity index (χ3n) is 3.04. The molecule has 0 N–H and O–H groups in total. The van der Waals surface area contributed by atoms with Crippen LogP contribution in [0.4, 0.5) is 5.69 Å². The zero-order valence-electron chi connectivity index (χ0n) is 12.3. The van der Waals surface area contributed by atoms with E-state index in [9.17, 15) is 4.79 Å². The van der Waals surface area contributed by atoms with Gasteiger partial charge in [0.15, 0.2) is 0 Å². The molecule has 5 heteroatoms. The topological polar surface area (TPSA) is 36.4 Å². The van der Waals surface area contributed by atoms with Crippen molar-refractivity contribution < 1.29 is 4.79 Å². The molecule has 1 aromatic carbocycles. The summed E-state index contributed by atoms with van der Waals surface area (Å²) in [5.41, 5.74) is 2.72. The van der Waals surface area contributed by atoms with E-state index in [2.05, 4.69) is 4.98 Å². The van der Waals surface area contributed by atoms with E-state index in [0.717, 1.165) is 16.4 Å². The highest BCUT2D eigenvalue weighted by Gasteiger charge is 2.13. The Morgan fingerprint density at radius 1 is 1.20 bits per heavy atom. The molecule has 1 aromatic heterocycles. The quantitative estimate of drug-likeness (QED) is 0.868. The summed E-state index contributed by atoms with van der Waals surface area (Å²) in [4.78, 5) is 20.4. The molecule has 1 amide bonds. The van der Waals surface area contributed by atoms with Gasteiger partial charge in [0.2, 0.25) is 0 Å². The number of carbonyl (C=O) groups excluding carboxylic acids is 1. The lowest BCUT2D eigenvalue weighted by molar-refractivity contribution is 0.0783. The van der Waals surface area contributed by atoms with Gasteiger partial charge in [-0.1, -0.05) is 0 Å². The summed E-state index contributed by atoms with van der Waals surface area (Å²) < 4.78 is 0. The monoisotopic (exact) mass is 289 g/mol. The number of hydrogen-bond donors (Lipinski definition) is 0. The van der Waals surface area contributed by atoms with Gasteiger partial charge in [-0.15, -0.1) is 11.3 Å². The fourth-order valence-corrected chi connectivity index (χ4v) is 2.52. The van der Waals surface area contributed by atoms with E-state index in [-0.39, 0.29) is 5.91 Å². The maximum Gasteiger partial charge on any atom is 0.253 e. The number of aryl methyl sites for hydroxylation is 1. The lowest BCUT2D eigenvalue weighted by Crippen LogP contribution is -2.26. The fourth-order valence-electron chi connectivity index (χ4n) is 1.92. The highest BCUT2D eigenvalue weighted by molar-refractivity contribution is 7.09. The van der Waals surface area contributed by atoms with Crippen LogP contribution in [0.15, 0.2) is 29.6 Å². The van der Waals surface area contributed by atoms with Crippen molar-refractivity contribution in [3.63, 3.8) is 0 Å². The van der Waals surface area contributed by atoms with E-state index in [4.69, 9.17) is 0 Å². The highest BCUT2D eigenvalue weighted by Crippen LogP contribution is 2.15. The van der Waals surface area contributed by atoms with Crippen molar-refractivity contribution in [1.82, 2.24) is 9.88 Å². The molecule has 0 spiro atoms. The molecule has 106 valence electrons. The van der Waals surface area contributed by atoms with Gasteiger partial charge in [-0.2, -0.15) is 0 Å². The Balaban J connectivity index is 2.06. The molecule has 0 unspecified atom stereocenters. The predicted octanol–water partition coefficient (Wildman–Crippen LogP) is 2.79. The second-order valence-electron chi connectivity index (χ2n) is 4.96. The van der Waals surface area contributed by atoms with Gasteiger partial charge in [-0.05, 0) is 31.2 Å². The normalized spacial score (nSPS) is 10.4. The van der Waals surface area contributed by atoms with Crippen molar-refractivity contribution >= 4 is 22.9 Å². The van der Waals surface area contributed by atoms with E-state index >= 15 is 0 Å². The Morgan fingerprint density at radius 2 is 1.85 bits per heavy atom. The zero-order valence-corrected chi connectivity index (χ0v) is 13.1. The number of amides is 1. The largest absolute Gasteiger partial charge is 0.378 e. The summed E-state index contributed by atoms with van der Waals surface area (Å²) in [5.74, 6) is 0.0148. The van der Waals surface area contributed by atoms with Crippen molar-refractivity contribution in [2.45, 2.75) is 13.5 Å². The van der Waals surface area contributed by atoms with Gasteiger partial charge in [0.05, 0.1) is 17.2 Å². The molecular weight excluding hydrogens is 270 g/mol. The van der Waals surface area contributed by atoms with Crippen molar-refractivity contribution in [1.29, 1.82) is 0 Å². The number of aromatic nitrogens is 1. The van der Waals surface area contributed by atoms with Gasteiger partial charge in [0.25, 0.3) is 5.91 Å². The number of benzene rings is 1. The first kappa shape index (κ1) is 14.5. The molecule has 0 aliphatic carbocycles. The molecule has 0 fully saturated rings. The maximum absolute atomic E-state index is 12.3. The minimum absolute atomic E-state index is 0.0148. The van der Waals surface area contributed by atoms with Crippen LogP contribution >= 0.6 is 11.3 Å². The van der Waals surface area contributed by atoms with E-state index in [0.29, 0.717) is 12.1 Å². The molecule has 4 nitrogen and oxygen atoms in total. The lowest BCUT2D eigenvalue weighted by Gasteiger charge is -2.17. The number of rotatable bonds is 4. The first-order chi connectivity index (χ1) is 9.47. The van der Waals surface area contributed by atoms with E-state index in [1.807, 2.05) is 55.6 Å². The van der Waals surface area contributed by atoms with E-state index < -0.39 is 0 Å². The van der Waals surface area contributed by atoms with Crippen LogP contribution < -0.4 is 4.90 Å². The molecule has 0 radical (unpaired) electrons. The molecule has 0 saturated carbocycles. The Morgan fingerprint density at radius 3 is 2.35 bits per heavy atom. The number of thiazole rings is 1. The second-order valence-corrected chi connectivity index (χ2v) is 6.02. The predicted molar refractivity (Wildman–Crippen MR) is 83.4 cm³/mol. The summed E-state index contributed by atoms with van der Waals surface area (Å²) in [6, 6.07) is 7.63. The van der Waals surface area contributed by atoms with Crippen LogP contribution in [0.5, 0.6) is 0 Å². The average Bonchev–Trinajstić information content (AvgIpc) is 2.83. The summed E-state index contributed by atoms with van der Waals surface area (Å²) in [7, 11) is 5.76. The molecule has 2 aromatic rings. The van der Waals surface area contributed by atoms with Gasteiger partial charge in [0.1, 0.15) is 0 Å². The first-order valence-corrected chi connectivity index (χ1v) is 7.29. The van der Waals surface area contributed by atoms with Gasteiger partial charge in [-0.3, -0.25) is 4.79 Å². The van der Waals surface area contributed by atoms with Gasteiger partial charge >= 0.3 is 0 Å². The third-order valence-corrected chi connectivity index (χ3v) is 3.87. The fraction of sp³-hybridized carbons (Fsp3) is 0.333. The van der Waals surface area contributed by atoms with Crippen molar-refractivity contribution in [3.8, 4) is 0 Å². The zero-order chi connectivity index (χ0) is 14.7. The molecule has 0 aliphatic heterocycles. The summed E-state index contributed by atoms with van der Waals surface area (Å²) in [5, 5.41) is 3.02. The van der Waals surface area contributed by atoms with Gasteiger partial charge in [-0.25, -0.2) is 4.98 Å². The summed E-state index contributed by atoms with van der Waals surface area (Å²) >= 11 is 1.60. The molecule has 20 heavy (non-hydrogen) atoms. The smallest absolute Gasteiger partial charge is 0.253 e. The van der Waals surface area contributed by atoms with Crippen molar-refractivity contribution in [2.75, 3.05) is 26.0 Å². The van der Waals surface area contributed by atoms with Crippen LogP contribution in [0, 0.1) is 6.92 Å². The second kappa shape index (κ2) is 6.05. The number of carbonyl (C=O) groups is 1. The summed E-state index contributed by atoms with van der Waals surface area (Å²) in [6.45, 7) is 2.51. The van der Waals surface area contributed by atoms with Crippen LogP contribution in [0.3, 0.4) is 0 Å². The minimum atomic E-state index is 0.0148. The van der Waals surface area contributed by atoms with Crippen LogP contribution in [0.2, 0.25) is 0 Å². The standard InChI is InChI=1S/C15H19N3OS/c1-11-16-13(10-20-11)9-18(4)15(19)12-5-7-14(8-6-12)17(2)3/h5-8,10H,9H2,1-4H3. The molecule has 1 heterocycles. The Hall–Kier alpha value is -1.88. The van der Waals surface area contributed by atoms with Crippen molar-refractivity contribution in [2.24, 2.45) is 0 Å². The lowest BCUT2D eigenvalue weighted by atomic mass is 10.1. The number of nitrogens with zero attached hydrogens (tertiary/aromatic N) is 3. The molecule has 0 bridgehead atoms. The van der Waals surface area contributed by atoms with Gasteiger partial charge in [0, 0.05) is 37.8 Å². The minimum Gasteiger partial charge on any atom is -0.378 e. The average molecular weight is 289 g/mol. The molecule has 2 rings (SSSR count). The highest BCUT2D eigenvalue weighted by atomic mass is 32.1. The summed E-state index contributed by atoms with van der Waals surface area (Å²) in [6.07, 6.45) is 0. The third kappa shape index (κ3) is 3.36. The van der Waals surface area contributed by atoms with Crippen LogP contribution in [-0.4, -0.2) is 36.9 Å². The Bertz CT molecular complexity index is 589. The number of anilines is 1. The number of hydrogen-bond acceptors (Lipinski definition) is 4. The molecule has 0 aliphatic rings. The SMILES string of the molecule is Cc1nc(CN(C)C(=O)c2ccc(N(C)C)cc2)cs1.